The number of anilines is 2. The van der Waals surface area contributed by atoms with Gasteiger partial charge in [-0.2, -0.15) is 0 Å². The quantitative estimate of drug-likeness (QED) is 0.782. The Morgan fingerprint density at radius 1 is 1.42 bits per heavy atom. The molecule has 2 aromatic rings. The molecule has 0 unspecified atom stereocenters. The average Bonchev–Trinajstić information content (AvgIpc) is 2.89. The summed E-state index contributed by atoms with van der Waals surface area (Å²) in [6.07, 6.45) is 0.325. The highest BCUT2D eigenvalue weighted by Crippen LogP contribution is 2.36. The molecular weight excluding hydrogens is 264 g/mol. The maximum Gasteiger partial charge on any atom is 0.339 e. The van der Waals surface area contributed by atoms with Crippen molar-refractivity contribution in [2.45, 2.75) is 6.42 Å². The van der Waals surface area contributed by atoms with Crippen molar-refractivity contribution in [3.8, 4) is 11.1 Å². The van der Waals surface area contributed by atoms with Crippen molar-refractivity contribution in [1.29, 1.82) is 0 Å². The van der Waals surface area contributed by atoms with E-state index < -0.39 is 5.97 Å². The number of benzene rings is 1. The van der Waals surface area contributed by atoms with Gasteiger partial charge < -0.3 is 16.2 Å². The van der Waals surface area contributed by atoms with Gasteiger partial charge in [0.05, 0.1) is 6.42 Å². The number of aromatic carboxylic acids is 1. The number of nitrogens with one attached hydrogen (secondary N) is 1. The number of thiophene rings is 1. The number of nitrogen functional groups attached to an aromatic ring is 1. The van der Waals surface area contributed by atoms with Gasteiger partial charge in [0.1, 0.15) is 10.6 Å². The van der Waals surface area contributed by atoms with E-state index >= 15 is 0 Å². The summed E-state index contributed by atoms with van der Waals surface area (Å²) in [7, 11) is 0. The van der Waals surface area contributed by atoms with Gasteiger partial charge in [-0.1, -0.05) is 6.07 Å². The van der Waals surface area contributed by atoms with E-state index in [0.29, 0.717) is 12.0 Å². The molecule has 0 atom stereocenters. The molecule has 1 amide bonds. The molecule has 5 nitrogen and oxygen atoms in total. The molecule has 1 aromatic carbocycles. The molecule has 2 heterocycles. The van der Waals surface area contributed by atoms with E-state index in [0.717, 1.165) is 16.8 Å². The smallest absolute Gasteiger partial charge is 0.339 e. The number of carbonyl (C=O) groups is 2. The Morgan fingerprint density at radius 3 is 2.95 bits per heavy atom. The molecule has 3 rings (SSSR count). The minimum Gasteiger partial charge on any atom is -0.478 e. The van der Waals surface area contributed by atoms with Gasteiger partial charge in [0, 0.05) is 16.6 Å². The van der Waals surface area contributed by atoms with Gasteiger partial charge in [-0.3, -0.25) is 4.79 Å². The van der Waals surface area contributed by atoms with Crippen LogP contribution >= 0.6 is 11.3 Å². The summed E-state index contributed by atoms with van der Waals surface area (Å²) in [6, 6.07) is 5.41. The summed E-state index contributed by atoms with van der Waals surface area (Å²) in [5.74, 6) is -1.08. The average molecular weight is 274 g/mol. The fourth-order valence-corrected chi connectivity index (χ4v) is 3.02. The van der Waals surface area contributed by atoms with Crippen LogP contribution in [0, 0.1) is 0 Å². The van der Waals surface area contributed by atoms with Gasteiger partial charge in [0.2, 0.25) is 5.91 Å². The molecule has 1 aliphatic rings. The summed E-state index contributed by atoms with van der Waals surface area (Å²) >= 11 is 1.20. The Kier molecular flexibility index (Phi) is 2.53. The van der Waals surface area contributed by atoms with Crippen LogP contribution < -0.4 is 11.1 Å². The Morgan fingerprint density at radius 2 is 2.21 bits per heavy atom. The van der Waals surface area contributed by atoms with E-state index in [1.54, 1.807) is 17.5 Å². The molecule has 0 radical (unpaired) electrons. The standard InChI is InChI=1S/C13H10N2O3S/c14-12-11(13(17)18)8(5-19-12)6-1-2-9-7(3-6)4-10(16)15-9/h1-3,5H,4,14H2,(H,15,16)(H,17,18). The number of fused-ring (bicyclic) bond motifs is 1. The molecule has 1 aliphatic heterocycles. The molecule has 19 heavy (non-hydrogen) atoms. The van der Waals surface area contributed by atoms with Crippen molar-refractivity contribution >= 4 is 33.9 Å². The zero-order valence-corrected chi connectivity index (χ0v) is 10.6. The predicted octanol–water partition coefficient (Wildman–Crippen LogP) is 2.19. The lowest BCUT2D eigenvalue weighted by molar-refractivity contribution is -0.115. The fourth-order valence-electron chi connectivity index (χ4n) is 2.20. The Labute approximate surface area is 112 Å². The number of nitrogens with two attached hydrogens (primary N) is 1. The maximum atomic E-state index is 11.3. The molecule has 96 valence electrons. The number of carbonyl (C=O) groups excluding carboxylic acids is 1. The Hall–Kier alpha value is -2.34. The van der Waals surface area contributed by atoms with E-state index in [1.165, 1.54) is 11.3 Å². The van der Waals surface area contributed by atoms with Crippen LogP contribution in [-0.4, -0.2) is 17.0 Å². The summed E-state index contributed by atoms with van der Waals surface area (Å²) in [4.78, 5) is 22.5. The van der Waals surface area contributed by atoms with Crippen LogP contribution in [0.4, 0.5) is 10.7 Å². The topological polar surface area (TPSA) is 92.4 Å². The van der Waals surface area contributed by atoms with Gasteiger partial charge in [0.15, 0.2) is 0 Å². The molecule has 6 heteroatoms. The highest BCUT2D eigenvalue weighted by Gasteiger charge is 2.21. The Bertz CT molecular complexity index is 706. The van der Waals surface area contributed by atoms with Crippen LogP contribution in [0.15, 0.2) is 23.6 Å². The highest BCUT2D eigenvalue weighted by molar-refractivity contribution is 7.14. The minimum absolute atomic E-state index is 0.0459. The molecule has 0 fully saturated rings. The number of carboxylic acids is 1. The first-order valence-electron chi connectivity index (χ1n) is 5.59. The summed E-state index contributed by atoms with van der Waals surface area (Å²) in [6.45, 7) is 0. The minimum atomic E-state index is -1.04. The van der Waals surface area contributed by atoms with Crippen LogP contribution in [0.25, 0.3) is 11.1 Å². The lowest BCUT2D eigenvalue weighted by atomic mass is 10.0. The second-order valence-corrected chi connectivity index (χ2v) is 5.20. The number of hydrogen-bond acceptors (Lipinski definition) is 4. The van der Waals surface area contributed by atoms with Gasteiger partial charge in [-0.05, 0) is 23.3 Å². The number of rotatable bonds is 2. The van der Waals surface area contributed by atoms with Crippen LogP contribution in [0.3, 0.4) is 0 Å². The first-order chi connectivity index (χ1) is 9.06. The molecule has 4 N–H and O–H groups in total. The van der Waals surface area contributed by atoms with Crippen molar-refractivity contribution in [3.05, 3.63) is 34.7 Å². The lowest BCUT2D eigenvalue weighted by Crippen LogP contribution is -2.03. The van der Waals surface area contributed by atoms with Gasteiger partial charge in [-0.15, -0.1) is 11.3 Å². The van der Waals surface area contributed by atoms with Crippen molar-refractivity contribution in [2.75, 3.05) is 11.1 Å². The zero-order valence-electron chi connectivity index (χ0n) is 9.77. The van der Waals surface area contributed by atoms with E-state index in [2.05, 4.69) is 5.32 Å². The number of carboxylic acid groups (broad SMARTS) is 1. The van der Waals surface area contributed by atoms with Crippen molar-refractivity contribution in [2.24, 2.45) is 0 Å². The maximum absolute atomic E-state index is 11.3. The SMILES string of the molecule is Nc1scc(-c2ccc3c(c2)CC(=O)N3)c1C(=O)O. The first kappa shape index (κ1) is 11.7. The first-order valence-corrected chi connectivity index (χ1v) is 6.47. The van der Waals surface area contributed by atoms with Crippen LogP contribution in [0.1, 0.15) is 15.9 Å². The van der Waals surface area contributed by atoms with Gasteiger partial charge >= 0.3 is 5.97 Å². The normalized spacial score (nSPS) is 13.2. The summed E-state index contributed by atoms with van der Waals surface area (Å²) in [5, 5.41) is 13.9. The van der Waals surface area contributed by atoms with Crippen molar-refractivity contribution in [3.63, 3.8) is 0 Å². The molecule has 0 saturated carbocycles. The van der Waals surface area contributed by atoms with E-state index in [-0.39, 0.29) is 16.5 Å². The third kappa shape index (κ3) is 1.86. The Balaban J connectivity index is 2.12. The third-order valence-corrected chi connectivity index (χ3v) is 3.89. The fraction of sp³-hybridized carbons (Fsp3) is 0.0769. The highest BCUT2D eigenvalue weighted by atomic mass is 32.1. The van der Waals surface area contributed by atoms with Crippen LogP contribution in [-0.2, 0) is 11.2 Å². The molecular formula is C13H10N2O3S. The third-order valence-electron chi connectivity index (χ3n) is 3.07. The summed E-state index contributed by atoms with van der Waals surface area (Å²) < 4.78 is 0. The second kappa shape index (κ2) is 4.10. The number of hydrogen-bond donors (Lipinski definition) is 3. The molecule has 0 aliphatic carbocycles. The van der Waals surface area contributed by atoms with Crippen molar-refractivity contribution < 1.29 is 14.7 Å². The van der Waals surface area contributed by atoms with Crippen molar-refractivity contribution in [1.82, 2.24) is 0 Å². The monoisotopic (exact) mass is 274 g/mol. The largest absolute Gasteiger partial charge is 0.478 e. The lowest BCUT2D eigenvalue weighted by Gasteiger charge is -2.04. The van der Waals surface area contributed by atoms with E-state index in [1.807, 2.05) is 6.07 Å². The molecule has 0 bridgehead atoms. The van der Waals surface area contributed by atoms with Gasteiger partial charge in [-0.25, -0.2) is 4.79 Å². The molecule has 0 spiro atoms. The second-order valence-electron chi connectivity index (χ2n) is 4.29. The molecule has 1 aromatic heterocycles. The number of amides is 1. The van der Waals surface area contributed by atoms with Crippen LogP contribution in [0.5, 0.6) is 0 Å². The molecule has 0 saturated heterocycles. The van der Waals surface area contributed by atoms with Gasteiger partial charge in [0.25, 0.3) is 0 Å². The summed E-state index contributed by atoms with van der Waals surface area (Å²) in [5.41, 5.74) is 8.84. The predicted molar refractivity (Wildman–Crippen MR) is 73.5 cm³/mol. The van der Waals surface area contributed by atoms with Crippen LogP contribution in [0.2, 0.25) is 0 Å². The van der Waals surface area contributed by atoms with E-state index in [4.69, 9.17) is 5.73 Å². The zero-order chi connectivity index (χ0) is 13.6. The van der Waals surface area contributed by atoms with E-state index in [9.17, 15) is 14.7 Å².